The maximum absolute atomic E-state index is 10.6. The Kier molecular flexibility index (Phi) is 2.70. The van der Waals surface area contributed by atoms with Crippen LogP contribution in [0.3, 0.4) is 0 Å². The zero-order chi connectivity index (χ0) is 10.9. The first-order chi connectivity index (χ1) is 6.43. The third-order valence-corrected chi connectivity index (χ3v) is 2.22. The Labute approximate surface area is 86.6 Å². The minimum absolute atomic E-state index is 0.00287. The summed E-state index contributed by atoms with van der Waals surface area (Å²) >= 11 is 2.97. The second-order valence-corrected chi connectivity index (χ2v) is 3.32. The first-order valence-electron chi connectivity index (χ1n) is 3.42. The first-order valence-corrected chi connectivity index (χ1v) is 4.21. The van der Waals surface area contributed by atoms with Gasteiger partial charge in [0.2, 0.25) is 0 Å². The molecule has 0 aliphatic carbocycles. The maximum atomic E-state index is 10.6. The molecule has 14 heavy (non-hydrogen) atoms. The summed E-state index contributed by atoms with van der Waals surface area (Å²) in [5.74, 6) is -1.27. The number of halogens is 1. The molecule has 0 radical (unpaired) electrons. The van der Waals surface area contributed by atoms with Gasteiger partial charge in [-0.25, -0.2) is 10.0 Å². The average molecular weight is 262 g/mol. The zero-order valence-corrected chi connectivity index (χ0v) is 8.35. The molecule has 0 spiro atoms. The van der Waals surface area contributed by atoms with Crippen LogP contribution in [0, 0.1) is 4.91 Å². The van der Waals surface area contributed by atoms with Gasteiger partial charge in [0.1, 0.15) is 0 Å². The van der Waals surface area contributed by atoms with Gasteiger partial charge in [-0.2, -0.15) is 0 Å². The third-order valence-electron chi connectivity index (χ3n) is 1.57. The Morgan fingerprint density at radius 3 is 2.50 bits per heavy atom. The standard InChI is InChI=1S/C7H5BrN2O4/c8-5-2-3(10(13)14)1-4(6(5)9)7(11)12/h1-2H,9H2,(H-,11,12,13,14)/p+1. The van der Waals surface area contributed by atoms with E-state index in [1.165, 1.54) is 6.07 Å². The van der Waals surface area contributed by atoms with Gasteiger partial charge in [-0.05, 0) is 15.9 Å². The predicted octanol–water partition coefficient (Wildman–Crippen LogP) is 1.53. The number of hydrogen-bond acceptors (Lipinski definition) is 3. The fourth-order valence-electron chi connectivity index (χ4n) is 0.891. The molecular formula is C7H6BrN2O4+. The molecule has 6 nitrogen and oxygen atoms in total. The lowest BCUT2D eigenvalue weighted by Crippen LogP contribution is -2.04. The second-order valence-electron chi connectivity index (χ2n) is 2.47. The number of rotatable bonds is 2. The molecular weight excluding hydrogens is 256 g/mol. The maximum Gasteiger partial charge on any atom is 0.338 e. The first kappa shape index (κ1) is 10.5. The number of nitrogen functional groups attached to an aromatic ring is 1. The Hall–Kier alpha value is -1.63. The number of aromatic carboxylic acids is 1. The molecule has 0 unspecified atom stereocenters. The lowest BCUT2D eigenvalue weighted by atomic mass is 10.1. The van der Waals surface area contributed by atoms with Crippen molar-refractivity contribution in [3.63, 3.8) is 0 Å². The van der Waals surface area contributed by atoms with E-state index in [1.807, 2.05) is 0 Å². The largest absolute Gasteiger partial charge is 0.478 e. The number of carboxylic acids is 1. The molecule has 0 amide bonds. The number of hydrogen-bond donors (Lipinski definition) is 3. The summed E-state index contributed by atoms with van der Waals surface area (Å²) in [5, 5.41) is 17.3. The van der Waals surface area contributed by atoms with Crippen LogP contribution in [0.5, 0.6) is 0 Å². The molecule has 1 aromatic carbocycles. The van der Waals surface area contributed by atoms with Crippen molar-refractivity contribution in [2.45, 2.75) is 0 Å². The van der Waals surface area contributed by atoms with Crippen molar-refractivity contribution in [3.8, 4) is 0 Å². The van der Waals surface area contributed by atoms with Gasteiger partial charge in [0.25, 0.3) is 4.92 Å². The van der Waals surface area contributed by atoms with Crippen molar-refractivity contribution in [1.82, 2.24) is 0 Å². The topological polar surface area (TPSA) is 104 Å². The molecule has 0 heterocycles. The summed E-state index contributed by atoms with van der Waals surface area (Å²) in [6.45, 7) is 0. The van der Waals surface area contributed by atoms with Crippen LogP contribution in [-0.2, 0) is 0 Å². The van der Waals surface area contributed by atoms with E-state index >= 15 is 0 Å². The van der Waals surface area contributed by atoms with Gasteiger partial charge in [-0.15, -0.1) is 0 Å². The number of benzene rings is 1. The molecule has 0 saturated heterocycles. The molecule has 4 N–H and O–H groups in total. The van der Waals surface area contributed by atoms with Gasteiger partial charge in [0.15, 0.2) is 0 Å². The lowest BCUT2D eigenvalue weighted by molar-refractivity contribution is -0.729. The molecule has 0 bridgehead atoms. The van der Waals surface area contributed by atoms with Crippen LogP contribution in [0.2, 0.25) is 0 Å². The quantitative estimate of drug-likeness (QED) is 0.553. The number of nitrogens with zero attached hydrogens (tertiary/aromatic N) is 1. The van der Waals surface area contributed by atoms with E-state index in [2.05, 4.69) is 15.9 Å². The Bertz CT molecular complexity index is 418. The van der Waals surface area contributed by atoms with Crippen molar-refractivity contribution < 1.29 is 20.0 Å². The molecule has 0 saturated carbocycles. The van der Waals surface area contributed by atoms with Crippen LogP contribution in [0.4, 0.5) is 11.4 Å². The molecule has 1 rings (SSSR count). The molecule has 1 aromatic rings. The van der Waals surface area contributed by atoms with Gasteiger partial charge in [-0.3, -0.25) is 0 Å². The van der Waals surface area contributed by atoms with Gasteiger partial charge in [-0.1, -0.05) is 0 Å². The summed E-state index contributed by atoms with van der Waals surface area (Å²) in [7, 11) is 0. The minimum atomic E-state index is -1.27. The van der Waals surface area contributed by atoms with Crippen LogP contribution in [0.25, 0.3) is 0 Å². The van der Waals surface area contributed by atoms with E-state index in [4.69, 9.17) is 16.0 Å². The fraction of sp³-hybridized carbons (Fsp3) is 0. The highest BCUT2D eigenvalue weighted by Crippen LogP contribution is 2.28. The van der Waals surface area contributed by atoms with E-state index in [0.717, 1.165) is 6.07 Å². The van der Waals surface area contributed by atoms with Crippen molar-refractivity contribution in [3.05, 3.63) is 27.1 Å². The van der Waals surface area contributed by atoms with Crippen LogP contribution in [0.1, 0.15) is 10.4 Å². The van der Waals surface area contributed by atoms with Crippen molar-refractivity contribution in [1.29, 1.82) is 0 Å². The van der Waals surface area contributed by atoms with Gasteiger partial charge < -0.3 is 10.8 Å². The molecule has 0 aliphatic rings. The Balaban J connectivity index is 3.43. The lowest BCUT2D eigenvalue weighted by Gasteiger charge is -2.01. The smallest absolute Gasteiger partial charge is 0.338 e. The summed E-state index contributed by atoms with van der Waals surface area (Å²) in [4.78, 5) is 20.7. The highest BCUT2D eigenvalue weighted by atomic mass is 79.9. The van der Waals surface area contributed by atoms with E-state index in [9.17, 15) is 9.70 Å². The van der Waals surface area contributed by atoms with Crippen molar-refractivity contribution in [2.24, 2.45) is 0 Å². The molecule has 0 fully saturated rings. The second kappa shape index (κ2) is 3.62. The summed E-state index contributed by atoms with van der Waals surface area (Å²) < 4.78 is 0.238. The number of carboxylic acid groups (broad SMARTS) is 1. The van der Waals surface area contributed by atoms with Crippen LogP contribution in [-0.4, -0.2) is 21.2 Å². The zero-order valence-electron chi connectivity index (χ0n) is 6.77. The summed E-state index contributed by atoms with van der Waals surface area (Å²) in [5.41, 5.74) is 4.97. The molecule has 0 atom stereocenters. The Morgan fingerprint density at radius 2 is 2.07 bits per heavy atom. The molecule has 0 aromatic heterocycles. The highest BCUT2D eigenvalue weighted by Gasteiger charge is 2.20. The number of nitrogens with two attached hydrogens (primary N) is 1. The van der Waals surface area contributed by atoms with Gasteiger partial charge in [0.05, 0.1) is 16.2 Å². The number of anilines is 1. The van der Waals surface area contributed by atoms with E-state index in [-0.39, 0.29) is 21.4 Å². The molecule has 0 aliphatic heterocycles. The van der Waals surface area contributed by atoms with Gasteiger partial charge >= 0.3 is 11.7 Å². The minimum Gasteiger partial charge on any atom is -0.478 e. The summed E-state index contributed by atoms with van der Waals surface area (Å²) in [6, 6.07) is 2.20. The van der Waals surface area contributed by atoms with Crippen LogP contribution in [0.15, 0.2) is 16.6 Å². The van der Waals surface area contributed by atoms with E-state index in [1.54, 1.807) is 0 Å². The van der Waals surface area contributed by atoms with Crippen molar-refractivity contribution >= 4 is 33.3 Å². The predicted molar refractivity (Wildman–Crippen MR) is 50.6 cm³/mol. The SMILES string of the molecule is Nc1c(Br)cc([N+](=O)O)cc1C(=O)O. The molecule has 74 valence electrons. The highest BCUT2D eigenvalue weighted by molar-refractivity contribution is 9.10. The van der Waals surface area contributed by atoms with Crippen molar-refractivity contribution in [2.75, 3.05) is 5.73 Å². The molecule has 7 heteroatoms. The van der Waals surface area contributed by atoms with Gasteiger partial charge in [0, 0.05) is 16.6 Å². The summed E-state index contributed by atoms with van der Waals surface area (Å²) in [6.07, 6.45) is 0. The van der Waals surface area contributed by atoms with Crippen LogP contribution >= 0.6 is 15.9 Å². The average Bonchev–Trinajstić information content (AvgIpc) is 2.08. The van der Waals surface area contributed by atoms with E-state index in [0.29, 0.717) is 0 Å². The van der Waals surface area contributed by atoms with Crippen LogP contribution < -0.4 is 5.73 Å². The monoisotopic (exact) mass is 261 g/mol. The van der Waals surface area contributed by atoms with E-state index < -0.39 is 10.9 Å². The fourth-order valence-corrected chi connectivity index (χ4v) is 1.34. The Morgan fingerprint density at radius 1 is 1.50 bits per heavy atom. The number of carbonyl (C=O) groups is 1. The third kappa shape index (κ3) is 1.82. The normalized spacial score (nSPS) is 9.79.